The van der Waals surface area contributed by atoms with Gasteiger partial charge in [0.05, 0.1) is 12.3 Å². The van der Waals surface area contributed by atoms with Crippen LogP contribution < -0.4 is 19.7 Å². The highest BCUT2D eigenvalue weighted by atomic mass is 16.5. The first kappa shape index (κ1) is 24.5. The number of nitrogens with zero attached hydrogens (tertiary/aromatic N) is 1. The van der Waals surface area contributed by atoms with E-state index in [-0.39, 0.29) is 5.57 Å². The number of benzene rings is 2. The molecule has 3 rings (SSSR count). The first-order valence-electron chi connectivity index (χ1n) is 10.9. The second kappa shape index (κ2) is 10.7. The molecule has 1 aliphatic heterocycles. The summed E-state index contributed by atoms with van der Waals surface area (Å²) < 4.78 is 11.6. The lowest BCUT2D eigenvalue weighted by molar-refractivity contribution is -0.122. The fraction of sp³-hybridized carbons (Fsp3) is 0.222. The molecule has 1 fully saturated rings. The van der Waals surface area contributed by atoms with Crippen molar-refractivity contribution in [3.63, 3.8) is 0 Å². The lowest BCUT2D eigenvalue weighted by Crippen LogP contribution is -2.54. The van der Waals surface area contributed by atoms with Crippen molar-refractivity contribution in [1.29, 1.82) is 0 Å². The van der Waals surface area contributed by atoms with Crippen molar-refractivity contribution in [2.45, 2.75) is 27.2 Å². The van der Waals surface area contributed by atoms with E-state index in [1.54, 1.807) is 36.4 Å². The molecular formula is C27H28N2O5. The molecule has 4 amide bonds. The van der Waals surface area contributed by atoms with Gasteiger partial charge >= 0.3 is 6.03 Å². The summed E-state index contributed by atoms with van der Waals surface area (Å²) in [4.78, 5) is 39.4. The minimum atomic E-state index is -0.786. The number of allylic oxidation sites excluding steroid dienone is 1. The van der Waals surface area contributed by atoms with Gasteiger partial charge < -0.3 is 9.47 Å². The Bertz CT molecular complexity index is 1200. The maximum atomic E-state index is 13.3. The molecule has 1 aliphatic rings. The summed E-state index contributed by atoms with van der Waals surface area (Å²) in [7, 11) is 0. The highest BCUT2D eigenvalue weighted by Gasteiger charge is 2.37. The van der Waals surface area contributed by atoms with Crippen molar-refractivity contribution in [3.8, 4) is 11.5 Å². The summed E-state index contributed by atoms with van der Waals surface area (Å²) in [5.74, 6) is -0.436. The van der Waals surface area contributed by atoms with Crippen LogP contribution >= 0.6 is 0 Å². The Kier molecular flexibility index (Phi) is 7.68. The standard InChI is InChI=1S/C27H28N2O5/c1-6-9-20-14-19(16-23(33-8-3)24(20)34-12-7-2)15-22-25(30)28-27(32)29(26(22)31)21-11-10-17(4)18(5)13-21/h6-7,10-11,13-16H,1-2,8-9,12H2,3-5H3,(H,28,30,32)/b22-15+. The minimum absolute atomic E-state index is 0.162. The average Bonchev–Trinajstić information content (AvgIpc) is 2.79. The second-order valence-electron chi connectivity index (χ2n) is 7.76. The molecule has 0 atom stereocenters. The molecule has 1 saturated heterocycles. The largest absolute Gasteiger partial charge is 0.490 e. The number of rotatable bonds is 9. The van der Waals surface area contributed by atoms with Gasteiger partial charge in [-0.2, -0.15) is 0 Å². The number of nitrogens with one attached hydrogen (secondary N) is 1. The average molecular weight is 461 g/mol. The van der Waals surface area contributed by atoms with Gasteiger partial charge in [0.15, 0.2) is 11.5 Å². The third-order valence-corrected chi connectivity index (χ3v) is 5.33. The summed E-state index contributed by atoms with van der Waals surface area (Å²) in [6.07, 6.45) is 5.29. The van der Waals surface area contributed by atoms with E-state index >= 15 is 0 Å². The number of carbonyl (C=O) groups excluding carboxylic acids is 3. The number of barbiturate groups is 1. The van der Waals surface area contributed by atoms with Crippen molar-refractivity contribution in [3.05, 3.63) is 83.5 Å². The maximum absolute atomic E-state index is 13.3. The first-order valence-corrected chi connectivity index (χ1v) is 10.9. The fourth-order valence-corrected chi connectivity index (χ4v) is 3.57. The number of hydrogen-bond acceptors (Lipinski definition) is 5. The lowest BCUT2D eigenvalue weighted by atomic mass is 10.0. The molecule has 0 saturated carbocycles. The maximum Gasteiger partial charge on any atom is 0.335 e. The lowest BCUT2D eigenvalue weighted by Gasteiger charge is -2.27. The molecule has 2 aromatic rings. The van der Waals surface area contributed by atoms with Crippen LogP contribution in [0.15, 0.2) is 61.2 Å². The van der Waals surface area contributed by atoms with Gasteiger partial charge in [0.25, 0.3) is 11.8 Å². The Balaban J connectivity index is 2.08. The molecule has 2 aromatic carbocycles. The van der Waals surface area contributed by atoms with Crippen molar-refractivity contribution in [2.75, 3.05) is 18.1 Å². The predicted octanol–water partition coefficient (Wildman–Crippen LogP) is 4.66. The van der Waals surface area contributed by atoms with E-state index in [1.165, 1.54) is 6.08 Å². The molecular weight excluding hydrogens is 432 g/mol. The molecule has 0 aliphatic carbocycles. The molecule has 34 heavy (non-hydrogen) atoms. The number of amides is 4. The quantitative estimate of drug-likeness (QED) is 0.334. The van der Waals surface area contributed by atoms with Crippen LogP contribution in [0.25, 0.3) is 6.08 Å². The highest BCUT2D eigenvalue weighted by Crippen LogP contribution is 2.35. The Morgan fingerprint density at radius 1 is 1.00 bits per heavy atom. The van der Waals surface area contributed by atoms with E-state index < -0.39 is 17.8 Å². The monoisotopic (exact) mass is 460 g/mol. The van der Waals surface area contributed by atoms with Crippen LogP contribution in [0.5, 0.6) is 11.5 Å². The molecule has 0 spiro atoms. The van der Waals surface area contributed by atoms with E-state index in [2.05, 4.69) is 18.5 Å². The molecule has 0 unspecified atom stereocenters. The van der Waals surface area contributed by atoms with Crippen LogP contribution in [0.3, 0.4) is 0 Å². The molecule has 0 radical (unpaired) electrons. The van der Waals surface area contributed by atoms with Gasteiger partial charge in [-0.25, -0.2) is 9.69 Å². The predicted molar refractivity (Wildman–Crippen MR) is 132 cm³/mol. The Morgan fingerprint density at radius 3 is 2.41 bits per heavy atom. The normalized spacial score (nSPS) is 14.7. The second-order valence-corrected chi connectivity index (χ2v) is 7.76. The molecule has 0 bridgehead atoms. The van der Waals surface area contributed by atoms with Crippen molar-refractivity contribution in [2.24, 2.45) is 0 Å². The topological polar surface area (TPSA) is 84.9 Å². The van der Waals surface area contributed by atoms with Gasteiger partial charge in [-0.1, -0.05) is 24.8 Å². The van der Waals surface area contributed by atoms with Gasteiger partial charge in [-0.05, 0) is 74.2 Å². The third-order valence-electron chi connectivity index (χ3n) is 5.33. The summed E-state index contributed by atoms with van der Waals surface area (Å²) in [5, 5.41) is 2.26. The van der Waals surface area contributed by atoms with Crippen LogP contribution in [0, 0.1) is 13.8 Å². The summed E-state index contributed by atoms with van der Waals surface area (Å²) >= 11 is 0. The number of aryl methyl sites for hydroxylation is 2. The summed E-state index contributed by atoms with van der Waals surface area (Å²) in [6, 6.07) is 7.94. The Morgan fingerprint density at radius 2 is 1.76 bits per heavy atom. The molecule has 7 heteroatoms. The van der Waals surface area contributed by atoms with Gasteiger partial charge in [-0.3, -0.25) is 14.9 Å². The minimum Gasteiger partial charge on any atom is -0.490 e. The number of imide groups is 2. The third kappa shape index (κ3) is 5.09. The molecule has 0 aromatic heterocycles. The van der Waals surface area contributed by atoms with Gasteiger partial charge in [-0.15, -0.1) is 6.58 Å². The number of urea groups is 1. The van der Waals surface area contributed by atoms with Gasteiger partial charge in [0, 0.05) is 5.56 Å². The number of anilines is 1. The Hall–Kier alpha value is -4.13. The van der Waals surface area contributed by atoms with Crippen LogP contribution in [-0.4, -0.2) is 31.1 Å². The molecule has 7 nitrogen and oxygen atoms in total. The van der Waals surface area contributed by atoms with E-state index in [0.29, 0.717) is 42.4 Å². The SMILES string of the molecule is C=CCOc1c(CC=C)cc(/C=C2\C(=O)NC(=O)N(c3ccc(C)c(C)c3)C2=O)cc1OCC. The van der Waals surface area contributed by atoms with Crippen LogP contribution in [-0.2, 0) is 16.0 Å². The van der Waals surface area contributed by atoms with Crippen molar-refractivity contribution < 1.29 is 23.9 Å². The fourth-order valence-electron chi connectivity index (χ4n) is 3.57. The smallest absolute Gasteiger partial charge is 0.335 e. The number of hydrogen-bond donors (Lipinski definition) is 1. The number of ether oxygens (including phenoxy) is 2. The summed E-state index contributed by atoms with van der Waals surface area (Å²) in [5.41, 5.74) is 3.51. The van der Waals surface area contributed by atoms with Crippen LogP contribution in [0.4, 0.5) is 10.5 Å². The van der Waals surface area contributed by atoms with Crippen molar-refractivity contribution >= 4 is 29.6 Å². The number of carbonyl (C=O) groups is 3. The van der Waals surface area contributed by atoms with E-state index in [9.17, 15) is 14.4 Å². The Labute approximate surface area is 199 Å². The first-order chi connectivity index (χ1) is 16.3. The van der Waals surface area contributed by atoms with E-state index in [4.69, 9.17) is 9.47 Å². The molecule has 176 valence electrons. The van der Waals surface area contributed by atoms with Crippen LogP contribution in [0.1, 0.15) is 29.2 Å². The van der Waals surface area contributed by atoms with Crippen LogP contribution in [0.2, 0.25) is 0 Å². The summed E-state index contributed by atoms with van der Waals surface area (Å²) in [6.45, 7) is 13.8. The zero-order valence-electron chi connectivity index (χ0n) is 19.6. The van der Waals surface area contributed by atoms with Gasteiger partial charge in [0.2, 0.25) is 0 Å². The molecule has 1 heterocycles. The van der Waals surface area contributed by atoms with Gasteiger partial charge in [0.1, 0.15) is 12.2 Å². The van der Waals surface area contributed by atoms with E-state index in [0.717, 1.165) is 21.6 Å². The zero-order chi connectivity index (χ0) is 24.8. The van der Waals surface area contributed by atoms with E-state index in [1.807, 2.05) is 26.8 Å². The van der Waals surface area contributed by atoms with Crippen molar-refractivity contribution in [1.82, 2.24) is 5.32 Å². The highest BCUT2D eigenvalue weighted by molar-refractivity contribution is 6.39. The molecule has 1 N–H and O–H groups in total. The zero-order valence-corrected chi connectivity index (χ0v) is 19.6.